The number of hydrogen-bond donors (Lipinski definition) is 0. The molecule has 0 aromatic heterocycles. The Labute approximate surface area is 116 Å². The standard InChI is InChI=1S/C16H25NO2/c1-5-13(3)17(6-2)12-11-14-7-9-15(10-8-14)16(18)19-4/h7-10,13H,5-6,11-12H2,1-4H3. The van der Waals surface area contributed by atoms with Gasteiger partial charge in [0.25, 0.3) is 0 Å². The first kappa shape index (κ1) is 15.7. The zero-order valence-electron chi connectivity index (χ0n) is 12.5. The van der Waals surface area contributed by atoms with E-state index in [1.165, 1.54) is 19.1 Å². The number of carbonyl (C=O) groups excluding carboxylic acids is 1. The van der Waals surface area contributed by atoms with Gasteiger partial charge in [0, 0.05) is 12.6 Å². The maximum absolute atomic E-state index is 11.3. The third kappa shape index (κ3) is 4.67. The monoisotopic (exact) mass is 263 g/mol. The average Bonchev–Trinajstić information content (AvgIpc) is 2.47. The Morgan fingerprint density at radius 1 is 1.26 bits per heavy atom. The molecule has 3 heteroatoms. The van der Waals surface area contributed by atoms with E-state index in [1.807, 2.05) is 24.3 Å². The van der Waals surface area contributed by atoms with Crippen molar-refractivity contribution in [2.45, 2.75) is 39.7 Å². The molecule has 0 saturated heterocycles. The predicted octanol–water partition coefficient (Wildman–Crippen LogP) is 3.14. The molecule has 0 radical (unpaired) electrons. The molecule has 0 aliphatic heterocycles. The molecular weight excluding hydrogens is 238 g/mol. The molecule has 0 aliphatic rings. The van der Waals surface area contributed by atoms with Gasteiger partial charge in [-0.25, -0.2) is 4.79 Å². The van der Waals surface area contributed by atoms with Gasteiger partial charge in [-0.05, 0) is 44.0 Å². The van der Waals surface area contributed by atoms with Crippen LogP contribution >= 0.6 is 0 Å². The number of benzene rings is 1. The van der Waals surface area contributed by atoms with Crippen LogP contribution in [0.3, 0.4) is 0 Å². The van der Waals surface area contributed by atoms with Crippen molar-refractivity contribution in [3.63, 3.8) is 0 Å². The van der Waals surface area contributed by atoms with E-state index in [0.717, 1.165) is 19.5 Å². The van der Waals surface area contributed by atoms with Crippen molar-refractivity contribution >= 4 is 5.97 Å². The van der Waals surface area contributed by atoms with E-state index in [0.29, 0.717) is 11.6 Å². The van der Waals surface area contributed by atoms with Gasteiger partial charge in [-0.15, -0.1) is 0 Å². The number of likely N-dealkylation sites (N-methyl/N-ethyl adjacent to an activating group) is 1. The van der Waals surface area contributed by atoms with Crippen molar-refractivity contribution < 1.29 is 9.53 Å². The van der Waals surface area contributed by atoms with Crippen molar-refractivity contribution in [2.75, 3.05) is 20.2 Å². The molecule has 106 valence electrons. The minimum absolute atomic E-state index is 0.277. The van der Waals surface area contributed by atoms with Gasteiger partial charge in [0.05, 0.1) is 12.7 Å². The molecule has 0 spiro atoms. The first-order valence-electron chi connectivity index (χ1n) is 7.03. The molecule has 19 heavy (non-hydrogen) atoms. The van der Waals surface area contributed by atoms with Crippen LogP contribution in [-0.4, -0.2) is 37.1 Å². The molecule has 0 saturated carbocycles. The first-order valence-corrected chi connectivity index (χ1v) is 7.03. The summed E-state index contributed by atoms with van der Waals surface area (Å²) in [6.45, 7) is 8.83. The van der Waals surface area contributed by atoms with Gasteiger partial charge in [-0.2, -0.15) is 0 Å². The fourth-order valence-electron chi connectivity index (χ4n) is 2.15. The van der Waals surface area contributed by atoms with Gasteiger partial charge in [-0.1, -0.05) is 26.0 Å². The quantitative estimate of drug-likeness (QED) is 0.708. The van der Waals surface area contributed by atoms with Crippen LogP contribution in [0.15, 0.2) is 24.3 Å². The fraction of sp³-hybridized carbons (Fsp3) is 0.562. The van der Waals surface area contributed by atoms with Crippen molar-refractivity contribution in [1.82, 2.24) is 4.90 Å². The van der Waals surface area contributed by atoms with Crippen LogP contribution in [0.2, 0.25) is 0 Å². The second-order valence-corrected chi connectivity index (χ2v) is 4.82. The molecule has 0 bridgehead atoms. The smallest absolute Gasteiger partial charge is 0.337 e. The van der Waals surface area contributed by atoms with Crippen LogP contribution in [0, 0.1) is 0 Å². The van der Waals surface area contributed by atoms with E-state index in [-0.39, 0.29) is 5.97 Å². The van der Waals surface area contributed by atoms with Gasteiger partial charge in [-0.3, -0.25) is 0 Å². The maximum Gasteiger partial charge on any atom is 0.337 e. The number of esters is 1. The Morgan fingerprint density at radius 2 is 1.89 bits per heavy atom. The van der Waals surface area contributed by atoms with Gasteiger partial charge in [0.2, 0.25) is 0 Å². The molecule has 1 unspecified atom stereocenters. The molecular formula is C16H25NO2. The van der Waals surface area contributed by atoms with Crippen molar-refractivity contribution in [1.29, 1.82) is 0 Å². The first-order chi connectivity index (χ1) is 9.12. The van der Waals surface area contributed by atoms with E-state index in [1.54, 1.807) is 0 Å². The third-order valence-corrected chi connectivity index (χ3v) is 3.68. The lowest BCUT2D eigenvalue weighted by atomic mass is 10.1. The minimum atomic E-state index is -0.277. The van der Waals surface area contributed by atoms with Crippen molar-refractivity contribution in [3.8, 4) is 0 Å². The summed E-state index contributed by atoms with van der Waals surface area (Å²) in [6.07, 6.45) is 2.19. The summed E-state index contributed by atoms with van der Waals surface area (Å²) >= 11 is 0. The summed E-state index contributed by atoms with van der Waals surface area (Å²) < 4.78 is 4.69. The number of hydrogen-bond acceptors (Lipinski definition) is 3. The van der Waals surface area contributed by atoms with Crippen LogP contribution in [0.4, 0.5) is 0 Å². The van der Waals surface area contributed by atoms with Crippen molar-refractivity contribution in [2.24, 2.45) is 0 Å². The summed E-state index contributed by atoms with van der Waals surface area (Å²) in [4.78, 5) is 13.8. The van der Waals surface area contributed by atoms with Crippen molar-refractivity contribution in [3.05, 3.63) is 35.4 Å². The Morgan fingerprint density at radius 3 is 2.37 bits per heavy atom. The number of nitrogens with zero attached hydrogens (tertiary/aromatic N) is 1. The van der Waals surface area contributed by atoms with Gasteiger partial charge < -0.3 is 9.64 Å². The number of methoxy groups -OCH3 is 1. The van der Waals surface area contributed by atoms with Gasteiger partial charge in [0.1, 0.15) is 0 Å². The molecule has 1 atom stereocenters. The van der Waals surface area contributed by atoms with Crippen LogP contribution in [-0.2, 0) is 11.2 Å². The molecule has 1 aromatic carbocycles. The Hall–Kier alpha value is -1.35. The molecule has 0 amide bonds. The van der Waals surface area contributed by atoms with Crippen LogP contribution in [0.1, 0.15) is 43.1 Å². The Bertz CT molecular complexity index is 386. The van der Waals surface area contributed by atoms with E-state index < -0.39 is 0 Å². The van der Waals surface area contributed by atoms with Crippen LogP contribution in [0.25, 0.3) is 0 Å². The molecule has 0 aliphatic carbocycles. The molecule has 0 fully saturated rings. The lowest BCUT2D eigenvalue weighted by Crippen LogP contribution is -2.34. The number of rotatable bonds is 7. The van der Waals surface area contributed by atoms with E-state index in [9.17, 15) is 4.79 Å². The molecule has 1 aromatic rings. The lowest BCUT2D eigenvalue weighted by molar-refractivity contribution is 0.0600. The van der Waals surface area contributed by atoms with Gasteiger partial charge >= 0.3 is 5.97 Å². The Kier molecular flexibility index (Phi) is 6.57. The second kappa shape index (κ2) is 7.95. The van der Waals surface area contributed by atoms with E-state index in [4.69, 9.17) is 4.74 Å². The van der Waals surface area contributed by atoms with E-state index in [2.05, 4.69) is 25.7 Å². The topological polar surface area (TPSA) is 29.5 Å². The summed E-state index contributed by atoms with van der Waals surface area (Å²) in [7, 11) is 1.40. The largest absolute Gasteiger partial charge is 0.465 e. The molecule has 1 rings (SSSR count). The highest BCUT2D eigenvalue weighted by Crippen LogP contribution is 2.09. The molecule has 0 heterocycles. The fourth-order valence-corrected chi connectivity index (χ4v) is 2.15. The Balaban J connectivity index is 2.56. The summed E-state index contributed by atoms with van der Waals surface area (Å²) in [5.74, 6) is -0.277. The predicted molar refractivity (Wildman–Crippen MR) is 78.5 cm³/mol. The van der Waals surface area contributed by atoms with E-state index >= 15 is 0 Å². The number of ether oxygens (including phenoxy) is 1. The van der Waals surface area contributed by atoms with Crippen LogP contribution < -0.4 is 0 Å². The molecule has 3 nitrogen and oxygen atoms in total. The zero-order chi connectivity index (χ0) is 14.3. The summed E-state index contributed by atoms with van der Waals surface area (Å²) in [6, 6.07) is 8.31. The minimum Gasteiger partial charge on any atom is -0.465 e. The zero-order valence-corrected chi connectivity index (χ0v) is 12.5. The summed E-state index contributed by atoms with van der Waals surface area (Å²) in [5, 5.41) is 0. The third-order valence-electron chi connectivity index (χ3n) is 3.68. The average molecular weight is 263 g/mol. The number of carbonyl (C=O) groups is 1. The SMILES string of the molecule is CCC(C)N(CC)CCc1ccc(C(=O)OC)cc1. The van der Waals surface area contributed by atoms with Crippen LogP contribution in [0.5, 0.6) is 0 Å². The second-order valence-electron chi connectivity index (χ2n) is 4.82. The molecule has 0 N–H and O–H groups in total. The highest BCUT2D eigenvalue weighted by atomic mass is 16.5. The normalized spacial score (nSPS) is 12.5. The highest BCUT2D eigenvalue weighted by molar-refractivity contribution is 5.89. The summed E-state index contributed by atoms with van der Waals surface area (Å²) in [5.41, 5.74) is 1.87. The van der Waals surface area contributed by atoms with Gasteiger partial charge in [0.15, 0.2) is 0 Å². The maximum atomic E-state index is 11.3. The highest BCUT2D eigenvalue weighted by Gasteiger charge is 2.10. The lowest BCUT2D eigenvalue weighted by Gasteiger charge is -2.26.